The number of likely N-dealkylation sites (tertiary alicyclic amines) is 1. The number of aromatic nitrogens is 5. The van der Waals surface area contributed by atoms with E-state index in [0.29, 0.717) is 24.5 Å². The summed E-state index contributed by atoms with van der Waals surface area (Å²) in [6.45, 7) is 6.83. The van der Waals surface area contributed by atoms with Gasteiger partial charge in [-0.25, -0.2) is 13.2 Å². The van der Waals surface area contributed by atoms with Crippen molar-refractivity contribution in [2.75, 3.05) is 31.5 Å². The molecule has 3 heterocycles. The second-order valence-electron chi connectivity index (χ2n) is 9.70. The molecule has 1 saturated heterocycles. The van der Waals surface area contributed by atoms with Crippen molar-refractivity contribution in [1.82, 2.24) is 29.6 Å². The average molecular weight is 546 g/mol. The van der Waals surface area contributed by atoms with Crippen LogP contribution >= 0.6 is 0 Å². The van der Waals surface area contributed by atoms with E-state index in [9.17, 15) is 13.2 Å². The fourth-order valence-electron chi connectivity index (χ4n) is 4.11. The number of benzene rings is 1. The highest BCUT2D eigenvalue weighted by molar-refractivity contribution is 7.73. The molecule has 1 unspecified atom stereocenters. The molecule has 13 nitrogen and oxygen atoms in total. The standard InChI is InChI=1S/C24H31N7O6S/c1-24(2,3)37-23(32)30-12-8-9-16(13-30)14-36-21-18(20(35-4)25-15-26-21)31-19(17-10-6-5-7-11-17)27-28-22(31)29-38(33)34/h5-7,10-11,15-16,38H,8-9,12-14H2,1-4H3,(H,28,29,33,34). The topological polar surface area (TPSA) is 151 Å². The molecule has 1 fully saturated rings. The molecule has 1 aliphatic rings. The Morgan fingerprint density at radius 2 is 1.87 bits per heavy atom. The first-order valence-corrected chi connectivity index (χ1v) is 13.3. The third-order valence-electron chi connectivity index (χ3n) is 5.68. The zero-order valence-electron chi connectivity index (χ0n) is 21.7. The SMILES string of the molecule is COc1ncnc(OCC2CCCN(C(=O)OC(C)(C)C)C2)c1-n1c(N[SH](=O)=O)nnc1-c1ccccc1. The molecule has 0 aliphatic carbocycles. The summed E-state index contributed by atoms with van der Waals surface area (Å²) in [7, 11) is -1.61. The lowest BCUT2D eigenvalue weighted by atomic mass is 9.99. The van der Waals surface area contributed by atoms with E-state index in [1.807, 2.05) is 51.1 Å². The molecule has 4 rings (SSSR count). The Hall–Kier alpha value is -3.94. The van der Waals surface area contributed by atoms with Crippen molar-refractivity contribution in [3.05, 3.63) is 36.7 Å². The monoisotopic (exact) mass is 545 g/mol. The Bertz CT molecular complexity index is 1330. The normalized spacial score (nSPS) is 15.8. The predicted octanol–water partition coefficient (Wildman–Crippen LogP) is 2.70. The van der Waals surface area contributed by atoms with Crippen molar-refractivity contribution < 1.29 is 27.4 Å². The number of carbonyl (C=O) groups excluding carboxylic acids is 1. The number of hydrogen-bond donors (Lipinski definition) is 2. The summed E-state index contributed by atoms with van der Waals surface area (Å²) >= 11 is 0. The Labute approximate surface area is 222 Å². The van der Waals surface area contributed by atoms with Gasteiger partial charge in [0.2, 0.25) is 28.6 Å². The summed E-state index contributed by atoms with van der Waals surface area (Å²) in [6, 6.07) is 9.12. The lowest BCUT2D eigenvalue weighted by molar-refractivity contribution is 0.0138. The second kappa shape index (κ2) is 11.6. The highest BCUT2D eigenvalue weighted by Crippen LogP contribution is 2.35. The molecule has 204 valence electrons. The lowest BCUT2D eigenvalue weighted by Gasteiger charge is -2.34. The highest BCUT2D eigenvalue weighted by Gasteiger charge is 2.29. The van der Waals surface area contributed by atoms with Crippen molar-refractivity contribution in [3.63, 3.8) is 0 Å². The third kappa shape index (κ3) is 6.49. The van der Waals surface area contributed by atoms with Gasteiger partial charge in [0.05, 0.1) is 13.7 Å². The van der Waals surface area contributed by atoms with Crippen LogP contribution in [0.15, 0.2) is 36.7 Å². The minimum absolute atomic E-state index is 0.0216. The van der Waals surface area contributed by atoms with Gasteiger partial charge in [-0.15, -0.1) is 10.2 Å². The maximum absolute atomic E-state index is 12.6. The molecule has 1 atom stereocenters. The van der Waals surface area contributed by atoms with E-state index in [2.05, 4.69) is 24.9 Å². The van der Waals surface area contributed by atoms with Crippen molar-refractivity contribution in [1.29, 1.82) is 0 Å². The zero-order chi connectivity index (χ0) is 27.3. The van der Waals surface area contributed by atoms with Crippen molar-refractivity contribution in [2.24, 2.45) is 5.92 Å². The molecule has 1 aliphatic heterocycles. The van der Waals surface area contributed by atoms with Crippen LogP contribution in [0.4, 0.5) is 10.7 Å². The van der Waals surface area contributed by atoms with Gasteiger partial charge in [-0.2, -0.15) is 9.97 Å². The van der Waals surface area contributed by atoms with E-state index in [-0.39, 0.29) is 42.0 Å². The van der Waals surface area contributed by atoms with Crippen molar-refractivity contribution in [3.8, 4) is 28.8 Å². The maximum Gasteiger partial charge on any atom is 0.410 e. The van der Waals surface area contributed by atoms with Crippen LogP contribution < -0.4 is 14.2 Å². The number of amides is 1. The molecule has 0 spiro atoms. The zero-order valence-corrected chi connectivity index (χ0v) is 22.6. The Morgan fingerprint density at radius 1 is 1.13 bits per heavy atom. The first-order valence-electron chi connectivity index (χ1n) is 12.1. The molecular formula is C24H31N7O6S. The predicted molar refractivity (Wildman–Crippen MR) is 139 cm³/mol. The van der Waals surface area contributed by atoms with Gasteiger partial charge in [0, 0.05) is 24.6 Å². The van der Waals surface area contributed by atoms with Crippen LogP contribution in [-0.4, -0.2) is 76.6 Å². The van der Waals surface area contributed by atoms with Crippen LogP contribution in [0.5, 0.6) is 11.8 Å². The molecule has 38 heavy (non-hydrogen) atoms. The van der Waals surface area contributed by atoms with Crippen molar-refractivity contribution in [2.45, 2.75) is 39.2 Å². The quantitative estimate of drug-likeness (QED) is 0.404. The third-order valence-corrected chi connectivity index (χ3v) is 6.07. The number of thiol groups is 1. The number of anilines is 1. The molecule has 1 amide bonds. The lowest BCUT2D eigenvalue weighted by Crippen LogP contribution is -2.44. The Morgan fingerprint density at radius 3 is 2.55 bits per heavy atom. The van der Waals surface area contributed by atoms with E-state index in [4.69, 9.17) is 14.2 Å². The molecule has 3 aromatic rings. The smallest absolute Gasteiger partial charge is 0.410 e. The Kier molecular flexibility index (Phi) is 8.29. The molecule has 14 heteroatoms. The molecule has 0 bridgehead atoms. The number of piperidine rings is 1. The molecule has 0 radical (unpaired) electrons. The molecule has 1 aromatic carbocycles. The fourth-order valence-corrected chi connectivity index (χ4v) is 4.42. The average Bonchev–Trinajstić information content (AvgIpc) is 3.29. The maximum atomic E-state index is 12.6. The van der Waals surface area contributed by atoms with E-state index in [0.717, 1.165) is 12.8 Å². The van der Waals surface area contributed by atoms with Crippen LogP contribution in [0, 0.1) is 5.92 Å². The summed E-state index contributed by atoms with van der Waals surface area (Å²) in [6.07, 6.45) is 2.59. The molecule has 1 N–H and O–H groups in total. The number of ether oxygens (including phenoxy) is 3. The summed E-state index contributed by atoms with van der Waals surface area (Å²) < 4.78 is 44.0. The first-order chi connectivity index (χ1) is 18.2. The van der Waals surface area contributed by atoms with Gasteiger partial charge < -0.3 is 19.1 Å². The number of hydrogen-bond acceptors (Lipinski definition) is 10. The minimum atomic E-state index is -3.05. The number of carbonyl (C=O) groups is 1. The molecular weight excluding hydrogens is 514 g/mol. The van der Waals surface area contributed by atoms with Crippen LogP contribution in [0.1, 0.15) is 33.6 Å². The largest absolute Gasteiger partial charge is 0.479 e. The fraction of sp³-hybridized carbons (Fsp3) is 0.458. The minimum Gasteiger partial charge on any atom is -0.479 e. The van der Waals surface area contributed by atoms with E-state index in [1.54, 1.807) is 4.90 Å². The van der Waals surface area contributed by atoms with Gasteiger partial charge in [0.25, 0.3) is 0 Å². The molecule has 0 saturated carbocycles. The Balaban J connectivity index is 1.65. The number of nitrogens with zero attached hydrogens (tertiary/aromatic N) is 6. The van der Waals surface area contributed by atoms with E-state index < -0.39 is 16.5 Å². The second-order valence-corrected chi connectivity index (χ2v) is 10.4. The van der Waals surface area contributed by atoms with Gasteiger partial charge in [0.1, 0.15) is 11.9 Å². The van der Waals surface area contributed by atoms with E-state index in [1.165, 1.54) is 18.0 Å². The summed E-state index contributed by atoms with van der Waals surface area (Å²) in [5, 5.41) is 8.23. The number of methoxy groups -OCH3 is 1. The highest BCUT2D eigenvalue weighted by atomic mass is 32.2. The summed E-state index contributed by atoms with van der Waals surface area (Å²) in [5.74, 6) is 0.555. The van der Waals surface area contributed by atoms with Gasteiger partial charge in [-0.3, -0.25) is 9.29 Å². The van der Waals surface area contributed by atoms with Crippen LogP contribution in [0.3, 0.4) is 0 Å². The van der Waals surface area contributed by atoms with Gasteiger partial charge in [-0.1, -0.05) is 30.3 Å². The van der Waals surface area contributed by atoms with Gasteiger partial charge in [-0.05, 0) is 33.6 Å². The summed E-state index contributed by atoms with van der Waals surface area (Å²) in [5.41, 5.74) is 0.326. The van der Waals surface area contributed by atoms with Gasteiger partial charge >= 0.3 is 6.09 Å². The van der Waals surface area contributed by atoms with Crippen LogP contribution in [-0.2, 0) is 15.6 Å². The number of nitrogens with one attached hydrogen (secondary N) is 1. The number of rotatable bonds is 8. The van der Waals surface area contributed by atoms with E-state index >= 15 is 0 Å². The molecule has 2 aromatic heterocycles. The van der Waals surface area contributed by atoms with Crippen LogP contribution in [0.25, 0.3) is 17.1 Å². The van der Waals surface area contributed by atoms with Gasteiger partial charge in [0.15, 0.2) is 11.5 Å². The summed E-state index contributed by atoms with van der Waals surface area (Å²) in [4.78, 5) is 22.8. The van der Waals surface area contributed by atoms with Crippen molar-refractivity contribution >= 4 is 22.9 Å². The first kappa shape index (κ1) is 27.1. The van der Waals surface area contributed by atoms with Crippen LogP contribution in [0.2, 0.25) is 0 Å².